The summed E-state index contributed by atoms with van der Waals surface area (Å²) in [5.41, 5.74) is 2.38. The second-order valence-corrected chi connectivity index (χ2v) is 12.0. The summed E-state index contributed by atoms with van der Waals surface area (Å²) in [6.07, 6.45) is 1.07. The van der Waals surface area contributed by atoms with Crippen molar-refractivity contribution in [3.63, 3.8) is 0 Å². The number of nitrogens with one attached hydrogen (secondary N) is 1. The number of hydrogen-bond acceptors (Lipinski definition) is 4. The van der Waals surface area contributed by atoms with Crippen LogP contribution in [0.2, 0.25) is 5.02 Å². The van der Waals surface area contributed by atoms with E-state index < -0.39 is 34.1 Å². The highest BCUT2D eigenvalue weighted by Gasteiger charge is 2.31. The van der Waals surface area contributed by atoms with Crippen LogP contribution >= 0.6 is 11.6 Å². The van der Waals surface area contributed by atoms with Gasteiger partial charge in [0.2, 0.25) is 21.8 Å². The van der Waals surface area contributed by atoms with Gasteiger partial charge in [0, 0.05) is 17.1 Å². The highest BCUT2D eigenvalue weighted by atomic mass is 35.5. The van der Waals surface area contributed by atoms with Gasteiger partial charge in [0.25, 0.3) is 0 Å². The van der Waals surface area contributed by atoms with Gasteiger partial charge in [0.1, 0.15) is 12.6 Å². The maximum atomic E-state index is 13.6. The van der Waals surface area contributed by atoms with Gasteiger partial charge in [0.05, 0.1) is 11.9 Å². The topological polar surface area (TPSA) is 86.8 Å². The molecule has 0 aromatic heterocycles. The van der Waals surface area contributed by atoms with Gasteiger partial charge in [-0.3, -0.25) is 13.9 Å². The fourth-order valence-corrected chi connectivity index (χ4v) is 4.69. The molecule has 0 fully saturated rings. The van der Waals surface area contributed by atoms with Crippen LogP contribution in [0.25, 0.3) is 0 Å². The van der Waals surface area contributed by atoms with Crippen LogP contribution in [0.15, 0.2) is 42.5 Å². The molecule has 7 nitrogen and oxygen atoms in total. The van der Waals surface area contributed by atoms with Crippen molar-refractivity contribution in [2.45, 2.75) is 59.7 Å². The molecule has 2 aromatic rings. The average molecular weight is 508 g/mol. The van der Waals surface area contributed by atoms with Gasteiger partial charge in [0.15, 0.2) is 0 Å². The fraction of sp³-hybridized carbons (Fsp3) is 0.440. The van der Waals surface area contributed by atoms with Crippen LogP contribution in [0.4, 0.5) is 5.69 Å². The Labute approximate surface area is 208 Å². The smallest absolute Gasteiger partial charge is 0.244 e. The van der Waals surface area contributed by atoms with Gasteiger partial charge >= 0.3 is 0 Å². The van der Waals surface area contributed by atoms with Gasteiger partial charge in [-0.2, -0.15) is 0 Å². The van der Waals surface area contributed by atoms with Gasteiger partial charge in [-0.05, 0) is 70.9 Å². The molecule has 0 saturated heterocycles. The van der Waals surface area contributed by atoms with E-state index in [9.17, 15) is 18.0 Å². The second kappa shape index (κ2) is 10.8. The number of carbonyl (C=O) groups is 2. The first-order chi connectivity index (χ1) is 15.6. The Morgan fingerprint density at radius 3 is 2.26 bits per heavy atom. The highest BCUT2D eigenvalue weighted by Crippen LogP contribution is 2.24. The standard InChI is InChI=1S/C25H34ClN3O4S/c1-17-11-12-22(18(2)13-17)29(34(7,32)33)16-23(30)28(15-20-9-8-10-21(26)14-20)19(3)24(31)27-25(4,5)6/h8-14,19H,15-16H2,1-7H3,(H,27,31). The molecule has 1 N–H and O–H groups in total. The maximum absolute atomic E-state index is 13.6. The Balaban J connectivity index is 2.44. The van der Waals surface area contributed by atoms with E-state index in [1.165, 1.54) is 4.90 Å². The third kappa shape index (κ3) is 7.74. The summed E-state index contributed by atoms with van der Waals surface area (Å²) in [7, 11) is -3.77. The molecule has 0 saturated carbocycles. The first kappa shape index (κ1) is 27.7. The second-order valence-electron chi connectivity index (χ2n) is 9.63. The number of nitrogens with zero attached hydrogens (tertiary/aromatic N) is 2. The number of aryl methyl sites for hydroxylation is 2. The summed E-state index contributed by atoms with van der Waals surface area (Å²) in [5.74, 6) is -0.831. The molecule has 1 atom stereocenters. The number of rotatable bonds is 8. The molecule has 0 aliphatic carbocycles. The van der Waals surface area contributed by atoms with Crippen molar-refractivity contribution < 1.29 is 18.0 Å². The summed E-state index contributed by atoms with van der Waals surface area (Å²) >= 11 is 6.12. The molecular formula is C25H34ClN3O4S. The number of anilines is 1. The third-order valence-electron chi connectivity index (χ3n) is 5.21. The largest absolute Gasteiger partial charge is 0.350 e. The highest BCUT2D eigenvalue weighted by molar-refractivity contribution is 7.92. The zero-order chi connectivity index (χ0) is 25.8. The lowest BCUT2D eigenvalue weighted by molar-refractivity contribution is -0.140. The molecule has 0 spiro atoms. The van der Waals surface area contributed by atoms with Crippen molar-refractivity contribution in [3.8, 4) is 0 Å². The number of halogens is 1. The van der Waals surface area contributed by atoms with Crippen LogP contribution in [0.3, 0.4) is 0 Å². The van der Waals surface area contributed by atoms with Crippen LogP contribution in [0, 0.1) is 13.8 Å². The molecule has 2 rings (SSSR count). The monoisotopic (exact) mass is 507 g/mol. The number of hydrogen-bond donors (Lipinski definition) is 1. The number of sulfonamides is 1. The zero-order valence-corrected chi connectivity index (χ0v) is 22.4. The zero-order valence-electron chi connectivity index (χ0n) is 20.8. The molecule has 2 aromatic carbocycles. The average Bonchev–Trinajstić information content (AvgIpc) is 2.68. The van der Waals surface area contributed by atoms with Crippen molar-refractivity contribution >= 4 is 39.1 Å². The van der Waals surface area contributed by atoms with Gasteiger partial charge in [-0.25, -0.2) is 8.42 Å². The fourth-order valence-electron chi connectivity index (χ4n) is 3.57. The molecule has 0 radical (unpaired) electrons. The number of benzene rings is 2. The lowest BCUT2D eigenvalue weighted by Crippen LogP contribution is -2.54. The van der Waals surface area contributed by atoms with E-state index in [0.29, 0.717) is 10.7 Å². The molecule has 0 bridgehead atoms. The van der Waals surface area contributed by atoms with E-state index in [-0.39, 0.29) is 12.5 Å². The van der Waals surface area contributed by atoms with E-state index >= 15 is 0 Å². The Morgan fingerprint density at radius 2 is 1.74 bits per heavy atom. The number of carbonyl (C=O) groups excluding carboxylic acids is 2. The minimum Gasteiger partial charge on any atom is -0.350 e. The van der Waals surface area contributed by atoms with E-state index in [0.717, 1.165) is 27.3 Å². The van der Waals surface area contributed by atoms with Crippen LogP contribution in [-0.2, 0) is 26.2 Å². The van der Waals surface area contributed by atoms with Gasteiger partial charge in [-0.15, -0.1) is 0 Å². The van der Waals surface area contributed by atoms with Crippen molar-refractivity contribution in [1.29, 1.82) is 0 Å². The van der Waals surface area contributed by atoms with Crippen LogP contribution in [0.5, 0.6) is 0 Å². The maximum Gasteiger partial charge on any atom is 0.244 e. The summed E-state index contributed by atoms with van der Waals surface area (Å²) in [6, 6.07) is 11.5. The van der Waals surface area contributed by atoms with Gasteiger partial charge < -0.3 is 10.2 Å². The lowest BCUT2D eigenvalue weighted by Gasteiger charge is -2.33. The minimum absolute atomic E-state index is 0.0998. The number of amides is 2. The first-order valence-electron chi connectivity index (χ1n) is 11.0. The Hall–Kier alpha value is -2.58. The van der Waals surface area contributed by atoms with Crippen molar-refractivity contribution in [2.75, 3.05) is 17.1 Å². The summed E-state index contributed by atoms with van der Waals surface area (Å²) in [4.78, 5) is 27.9. The molecule has 186 valence electrons. The lowest BCUT2D eigenvalue weighted by atomic mass is 10.1. The van der Waals surface area contributed by atoms with Crippen molar-refractivity contribution in [2.24, 2.45) is 0 Å². The van der Waals surface area contributed by atoms with E-state index in [1.807, 2.05) is 33.8 Å². The van der Waals surface area contributed by atoms with E-state index in [1.54, 1.807) is 50.2 Å². The quantitative estimate of drug-likeness (QED) is 0.583. The van der Waals surface area contributed by atoms with Crippen LogP contribution in [0.1, 0.15) is 44.4 Å². The van der Waals surface area contributed by atoms with E-state index in [4.69, 9.17) is 11.6 Å². The summed E-state index contributed by atoms with van der Waals surface area (Å²) < 4.78 is 26.4. The molecule has 2 amide bonds. The molecular weight excluding hydrogens is 474 g/mol. The normalized spacial score (nSPS) is 12.7. The van der Waals surface area contributed by atoms with Crippen molar-refractivity contribution in [1.82, 2.24) is 10.2 Å². The molecule has 1 unspecified atom stereocenters. The Morgan fingerprint density at radius 1 is 1.09 bits per heavy atom. The first-order valence-corrected chi connectivity index (χ1v) is 13.2. The van der Waals surface area contributed by atoms with Gasteiger partial charge in [-0.1, -0.05) is 41.4 Å². The molecule has 0 aliphatic rings. The minimum atomic E-state index is -3.77. The third-order valence-corrected chi connectivity index (χ3v) is 6.57. The predicted octanol–water partition coefficient (Wildman–Crippen LogP) is 4.05. The molecule has 0 aliphatic heterocycles. The Kier molecular flexibility index (Phi) is 8.77. The predicted molar refractivity (Wildman–Crippen MR) is 137 cm³/mol. The molecule has 34 heavy (non-hydrogen) atoms. The Bertz CT molecular complexity index is 1160. The molecule has 9 heteroatoms. The van der Waals surface area contributed by atoms with Crippen LogP contribution < -0.4 is 9.62 Å². The van der Waals surface area contributed by atoms with Crippen LogP contribution in [-0.4, -0.2) is 49.5 Å². The summed E-state index contributed by atoms with van der Waals surface area (Å²) in [6.45, 7) is 10.6. The van der Waals surface area contributed by atoms with E-state index in [2.05, 4.69) is 5.32 Å². The van der Waals surface area contributed by atoms with Crippen molar-refractivity contribution in [3.05, 3.63) is 64.2 Å². The summed E-state index contributed by atoms with van der Waals surface area (Å²) in [5, 5.41) is 3.40. The SMILES string of the molecule is Cc1ccc(N(CC(=O)N(Cc2cccc(Cl)c2)C(C)C(=O)NC(C)(C)C)S(C)(=O)=O)c(C)c1. The molecule has 0 heterocycles.